The van der Waals surface area contributed by atoms with Crippen LogP contribution in [0.1, 0.15) is 31.9 Å². The Labute approximate surface area is 180 Å². The summed E-state index contributed by atoms with van der Waals surface area (Å²) in [6, 6.07) is 22.0. The lowest BCUT2D eigenvalue weighted by atomic mass is 10.1. The van der Waals surface area contributed by atoms with Crippen LogP contribution in [0.25, 0.3) is 0 Å². The van der Waals surface area contributed by atoms with Crippen molar-refractivity contribution in [2.45, 2.75) is 58.0 Å². The zero-order valence-electron chi connectivity index (χ0n) is 17.4. The molecule has 0 saturated heterocycles. The van der Waals surface area contributed by atoms with E-state index in [1.165, 1.54) is 11.1 Å². The first-order valence-electron chi connectivity index (χ1n) is 9.75. The third-order valence-corrected chi connectivity index (χ3v) is 11.1. The van der Waals surface area contributed by atoms with E-state index in [4.69, 9.17) is 4.43 Å². The van der Waals surface area contributed by atoms with Crippen LogP contribution in [0.3, 0.4) is 0 Å². The molecule has 1 atom stereocenters. The van der Waals surface area contributed by atoms with Crippen molar-refractivity contribution in [3.8, 4) is 0 Å². The standard InChI is InChI=1S/C23H34INOSi/c1-23(2,3)27(4,5)26-19-22(16-24)25(17-20-12-8-6-9-13-20)18-21-14-10-7-11-15-21/h6-15,22H,16-19H2,1-5H3. The summed E-state index contributed by atoms with van der Waals surface area (Å²) < 4.78 is 7.66. The highest BCUT2D eigenvalue weighted by atomic mass is 127. The van der Waals surface area contributed by atoms with Gasteiger partial charge in [0.25, 0.3) is 0 Å². The average Bonchev–Trinajstić information content (AvgIpc) is 2.63. The van der Waals surface area contributed by atoms with Crippen LogP contribution in [0, 0.1) is 0 Å². The Morgan fingerprint density at radius 1 is 0.889 bits per heavy atom. The molecule has 0 amide bonds. The molecule has 0 aliphatic carbocycles. The van der Waals surface area contributed by atoms with Gasteiger partial charge in [-0.1, -0.05) is 104 Å². The molecule has 0 N–H and O–H groups in total. The highest BCUT2D eigenvalue weighted by molar-refractivity contribution is 14.1. The number of benzene rings is 2. The monoisotopic (exact) mass is 495 g/mol. The van der Waals surface area contributed by atoms with E-state index in [0.29, 0.717) is 6.04 Å². The summed E-state index contributed by atoms with van der Waals surface area (Å²) in [7, 11) is -1.74. The highest BCUT2D eigenvalue weighted by Crippen LogP contribution is 2.36. The molecule has 4 heteroatoms. The van der Waals surface area contributed by atoms with Gasteiger partial charge in [-0.05, 0) is 29.3 Å². The minimum atomic E-state index is -1.74. The Kier molecular flexibility index (Phi) is 8.53. The van der Waals surface area contributed by atoms with Gasteiger partial charge in [0.2, 0.25) is 0 Å². The van der Waals surface area contributed by atoms with Gasteiger partial charge in [-0.15, -0.1) is 0 Å². The average molecular weight is 496 g/mol. The van der Waals surface area contributed by atoms with Gasteiger partial charge < -0.3 is 4.43 Å². The normalized spacial score (nSPS) is 13.7. The quantitative estimate of drug-likeness (QED) is 0.223. The van der Waals surface area contributed by atoms with E-state index in [2.05, 4.69) is 122 Å². The van der Waals surface area contributed by atoms with Gasteiger partial charge in [0, 0.05) is 23.6 Å². The van der Waals surface area contributed by atoms with Crippen molar-refractivity contribution in [1.82, 2.24) is 4.90 Å². The number of rotatable bonds is 9. The number of nitrogens with zero attached hydrogens (tertiary/aromatic N) is 1. The second-order valence-corrected chi connectivity index (χ2v) is 14.4. The molecule has 2 rings (SSSR count). The molecule has 148 valence electrons. The van der Waals surface area contributed by atoms with E-state index >= 15 is 0 Å². The van der Waals surface area contributed by atoms with Crippen LogP contribution >= 0.6 is 22.6 Å². The van der Waals surface area contributed by atoms with Crippen LogP contribution in [-0.2, 0) is 17.5 Å². The largest absolute Gasteiger partial charge is 0.415 e. The van der Waals surface area contributed by atoms with E-state index in [9.17, 15) is 0 Å². The van der Waals surface area contributed by atoms with Crippen LogP contribution in [0.15, 0.2) is 60.7 Å². The molecule has 27 heavy (non-hydrogen) atoms. The smallest absolute Gasteiger partial charge is 0.192 e. The minimum absolute atomic E-state index is 0.243. The van der Waals surface area contributed by atoms with E-state index in [-0.39, 0.29) is 5.04 Å². The molecule has 0 fully saturated rings. The van der Waals surface area contributed by atoms with Crippen molar-refractivity contribution in [3.63, 3.8) is 0 Å². The molecule has 1 unspecified atom stereocenters. The summed E-state index contributed by atoms with van der Waals surface area (Å²) in [4.78, 5) is 2.57. The molecule has 0 aliphatic rings. The van der Waals surface area contributed by atoms with Crippen LogP contribution in [0.4, 0.5) is 0 Å². The third-order valence-electron chi connectivity index (χ3n) is 5.59. The van der Waals surface area contributed by atoms with Gasteiger partial charge in [-0.3, -0.25) is 4.90 Å². The molecule has 0 heterocycles. The molecule has 0 radical (unpaired) electrons. The fourth-order valence-electron chi connectivity index (χ4n) is 2.72. The molecular weight excluding hydrogens is 461 g/mol. The number of alkyl halides is 1. The zero-order valence-corrected chi connectivity index (χ0v) is 20.6. The zero-order chi connectivity index (χ0) is 19.9. The van der Waals surface area contributed by atoms with Gasteiger partial charge in [-0.25, -0.2) is 0 Å². The number of hydrogen-bond acceptors (Lipinski definition) is 2. The van der Waals surface area contributed by atoms with Gasteiger partial charge in [0.05, 0.1) is 6.61 Å². The topological polar surface area (TPSA) is 12.5 Å². The lowest BCUT2D eigenvalue weighted by Gasteiger charge is -2.39. The predicted octanol–water partition coefficient (Wildman–Crippen LogP) is 6.51. The summed E-state index contributed by atoms with van der Waals surface area (Å²) in [6.45, 7) is 14.3. The summed E-state index contributed by atoms with van der Waals surface area (Å²) >= 11 is 2.52. The molecule has 2 nitrogen and oxygen atoms in total. The van der Waals surface area contributed by atoms with E-state index < -0.39 is 8.32 Å². The molecule has 0 spiro atoms. The molecule has 0 aromatic heterocycles. The first kappa shape index (κ1) is 22.6. The molecule has 0 aliphatic heterocycles. The Morgan fingerprint density at radius 2 is 1.33 bits per heavy atom. The van der Waals surface area contributed by atoms with E-state index in [0.717, 1.165) is 24.1 Å². The van der Waals surface area contributed by atoms with Gasteiger partial charge in [0.15, 0.2) is 8.32 Å². The molecular formula is C23H34INOSi. The third kappa shape index (κ3) is 7.00. The fourth-order valence-corrected chi connectivity index (χ4v) is 4.57. The van der Waals surface area contributed by atoms with Crippen LogP contribution in [0.2, 0.25) is 18.1 Å². The van der Waals surface area contributed by atoms with Crippen LogP contribution < -0.4 is 0 Å². The summed E-state index contributed by atoms with van der Waals surface area (Å²) in [5, 5.41) is 0.243. The summed E-state index contributed by atoms with van der Waals surface area (Å²) in [5.41, 5.74) is 2.71. The van der Waals surface area contributed by atoms with Crippen molar-refractivity contribution in [2.75, 3.05) is 11.0 Å². The fraction of sp³-hybridized carbons (Fsp3) is 0.478. The van der Waals surface area contributed by atoms with Gasteiger partial charge in [0.1, 0.15) is 0 Å². The maximum absolute atomic E-state index is 6.60. The molecule has 0 saturated carbocycles. The van der Waals surface area contributed by atoms with Crippen molar-refractivity contribution in [2.24, 2.45) is 0 Å². The predicted molar refractivity (Wildman–Crippen MR) is 128 cm³/mol. The molecule has 2 aromatic rings. The molecule has 0 bridgehead atoms. The lowest BCUT2D eigenvalue weighted by Crippen LogP contribution is -2.46. The lowest BCUT2D eigenvalue weighted by molar-refractivity contribution is 0.130. The number of halogens is 1. The van der Waals surface area contributed by atoms with Gasteiger partial charge in [-0.2, -0.15) is 0 Å². The highest BCUT2D eigenvalue weighted by Gasteiger charge is 2.38. The maximum atomic E-state index is 6.60. The minimum Gasteiger partial charge on any atom is -0.415 e. The maximum Gasteiger partial charge on any atom is 0.192 e. The Balaban J connectivity index is 2.16. The summed E-state index contributed by atoms with van der Waals surface area (Å²) in [6.07, 6.45) is 0. The second kappa shape index (κ2) is 10.2. The van der Waals surface area contributed by atoms with Crippen molar-refractivity contribution >= 4 is 30.9 Å². The second-order valence-electron chi connectivity index (χ2n) is 8.76. The van der Waals surface area contributed by atoms with Crippen LogP contribution in [0.5, 0.6) is 0 Å². The Bertz CT molecular complexity index is 628. The first-order valence-corrected chi connectivity index (χ1v) is 14.2. The van der Waals surface area contributed by atoms with Crippen LogP contribution in [-0.4, -0.2) is 30.3 Å². The van der Waals surface area contributed by atoms with E-state index in [1.54, 1.807) is 0 Å². The van der Waals surface area contributed by atoms with Crippen molar-refractivity contribution in [3.05, 3.63) is 71.8 Å². The Hall–Kier alpha value is -0.693. The van der Waals surface area contributed by atoms with Gasteiger partial charge >= 0.3 is 0 Å². The first-order chi connectivity index (χ1) is 12.7. The molecule has 2 aromatic carbocycles. The number of hydrogen-bond donors (Lipinski definition) is 0. The van der Waals surface area contributed by atoms with Crippen molar-refractivity contribution < 1.29 is 4.43 Å². The van der Waals surface area contributed by atoms with Crippen molar-refractivity contribution in [1.29, 1.82) is 0 Å². The van der Waals surface area contributed by atoms with E-state index in [1.807, 2.05) is 0 Å². The Morgan fingerprint density at radius 3 is 1.70 bits per heavy atom. The summed E-state index contributed by atoms with van der Waals surface area (Å²) in [5.74, 6) is 0. The SMILES string of the molecule is CC(C)(C)[Si](C)(C)OCC(CI)N(Cc1ccccc1)Cc1ccccc1.